The standard InChI is InChI=1S/C27H29Cl2F3N8O3/c1-37-21(19-15-40(5-4-28)36-23(19)27(30,31)32)14-34-24(37)25(42)35-17-2-3-18(20(29)11-17)26(43)39-8-6-38(7-9-39)22(41)10-16-12-33-13-16/h2-3,11,14-16,33H,4-10,12-13H2,1H3,(H,35,42). The minimum absolute atomic E-state index is 0.0408. The van der Waals surface area contributed by atoms with Crippen LogP contribution in [0.5, 0.6) is 0 Å². The molecule has 0 radical (unpaired) electrons. The summed E-state index contributed by atoms with van der Waals surface area (Å²) >= 11 is 12.1. The number of imidazole rings is 1. The summed E-state index contributed by atoms with van der Waals surface area (Å²) in [6, 6.07) is 4.41. The lowest BCUT2D eigenvalue weighted by Crippen LogP contribution is -2.52. The van der Waals surface area contributed by atoms with Gasteiger partial charge in [0, 0.05) is 57.4 Å². The summed E-state index contributed by atoms with van der Waals surface area (Å²) in [6.07, 6.45) is -1.84. The number of aromatic nitrogens is 4. The number of piperazine rings is 1. The molecule has 5 rings (SSSR count). The summed E-state index contributed by atoms with van der Waals surface area (Å²) in [5, 5.41) is 9.49. The first kappa shape index (κ1) is 30.8. The molecule has 2 aliphatic rings. The molecule has 43 heavy (non-hydrogen) atoms. The van der Waals surface area contributed by atoms with E-state index in [0.717, 1.165) is 17.8 Å². The molecule has 0 atom stereocenters. The van der Waals surface area contributed by atoms with Crippen LogP contribution < -0.4 is 10.6 Å². The molecule has 2 aliphatic heterocycles. The molecule has 4 heterocycles. The van der Waals surface area contributed by atoms with Crippen LogP contribution in [-0.4, -0.2) is 92.0 Å². The first-order chi connectivity index (χ1) is 20.5. The van der Waals surface area contributed by atoms with Crippen molar-refractivity contribution in [1.29, 1.82) is 0 Å². The number of hydrogen-bond donors (Lipinski definition) is 2. The van der Waals surface area contributed by atoms with Gasteiger partial charge >= 0.3 is 6.18 Å². The second-order valence-electron chi connectivity index (χ2n) is 10.4. The van der Waals surface area contributed by atoms with Gasteiger partial charge in [0.15, 0.2) is 11.5 Å². The number of rotatable bonds is 8. The van der Waals surface area contributed by atoms with Crippen LogP contribution in [0.15, 0.2) is 30.6 Å². The molecule has 0 spiro atoms. The van der Waals surface area contributed by atoms with Gasteiger partial charge in [0.25, 0.3) is 11.8 Å². The van der Waals surface area contributed by atoms with E-state index in [-0.39, 0.29) is 57.6 Å². The first-order valence-corrected chi connectivity index (χ1v) is 14.5. The van der Waals surface area contributed by atoms with Crippen molar-refractivity contribution in [2.45, 2.75) is 19.1 Å². The molecular formula is C27H29Cl2F3N8O3. The van der Waals surface area contributed by atoms with E-state index in [4.69, 9.17) is 23.2 Å². The lowest BCUT2D eigenvalue weighted by atomic mass is 9.98. The minimum Gasteiger partial charge on any atom is -0.339 e. The Kier molecular flexibility index (Phi) is 8.99. The summed E-state index contributed by atoms with van der Waals surface area (Å²) in [4.78, 5) is 46.1. The van der Waals surface area contributed by atoms with Crippen LogP contribution in [0.25, 0.3) is 11.3 Å². The number of aryl methyl sites for hydroxylation is 1. The van der Waals surface area contributed by atoms with Gasteiger partial charge in [-0.2, -0.15) is 18.3 Å². The van der Waals surface area contributed by atoms with E-state index in [2.05, 4.69) is 20.7 Å². The zero-order valence-electron chi connectivity index (χ0n) is 23.1. The Hall–Kier alpha value is -3.62. The predicted molar refractivity (Wildman–Crippen MR) is 153 cm³/mol. The van der Waals surface area contributed by atoms with Gasteiger partial charge in [0.2, 0.25) is 5.91 Å². The van der Waals surface area contributed by atoms with Crippen LogP contribution in [0.1, 0.15) is 33.1 Å². The second-order valence-corrected chi connectivity index (χ2v) is 11.2. The Bertz CT molecular complexity index is 1530. The third-order valence-corrected chi connectivity index (χ3v) is 8.00. The first-order valence-electron chi connectivity index (χ1n) is 13.6. The molecule has 2 aromatic heterocycles. The fourth-order valence-corrected chi connectivity index (χ4v) is 5.48. The highest BCUT2D eigenvalue weighted by Crippen LogP contribution is 2.36. The van der Waals surface area contributed by atoms with Crippen molar-refractivity contribution in [3.63, 3.8) is 0 Å². The van der Waals surface area contributed by atoms with Gasteiger partial charge in [-0.1, -0.05) is 11.6 Å². The van der Waals surface area contributed by atoms with Crippen molar-refractivity contribution >= 4 is 46.6 Å². The number of nitrogens with zero attached hydrogens (tertiary/aromatic N) is 6. The quantitative estimate of drug-likeness (QED) is 0.365. The zero-order valence-corrected chi connectivity index (χ0v) is 24.6. The maximum Gasteiger partial charge on any atom is 0.435 e. The van der Waals surface area contributed by atoms with E-state index in [1.54, 1.807) is 9.80 Å². The van der Waals surface area contributed by atoms with E-state index in [1.165, 1.54) is 42.2 Å². The summed E-state index contributed by atoms with van der Waals surface area (Å²) in [5.74, 6) is -0.589. The van der Waals surface area contributed by atoms with Crippen molar-refractivity contribution in [3.8, 4) is 11.3 Å². The number of carbonyl (C=O) groups excluding carboxylic acids is 3. The van der Waals surface area contributed by atoms with Crippen LogP contribution in [-0.2, 0) is 24.6 Å². The SMILES string of the molecule is Cn1c(-c2cn(CCCl)nc2C(F)(F)F)cnc1C(=O)Nc1ccc(C(=O)N2CCN(C(=O)CC3CNC3)CC2)c(Cl)c1. The van der Waals surface area contributed by atoms with Crippen LogP contribution in [0, 0.1) is 5.92 Å². The van der Waals surface area contributed by atoms with Crippen LogP contribution in [0.2, 0.25) is 5.02 Å². The molecule has 1 aromatic carbocycles. The van der Waals surface area contributed by atoms with Gasteiger partial charge in [-0.25, -0.2) is 4.98 Å². The molecule has 0 unspecified atom stereocenters. The topological polar surface area (TPSA) is 117 Å². The summed E-state index contributed by atoms with van der Waals surface area (Å²) in [6.45, 7) is 3.43. The second kappa shape index (κ2) is 12.5. The minimum atomic E-state index is -4.73. The number of nitrogens with one attached hydrogen (secondary N) is 2. The summed E-state index contributed by atoms with van der Waals surface area (Å²) < 4.78 is 43.3. The Morgan fingerprint density at radius 2 is 1.81 bits per heavy atom. The molecule has 0 aliphatic carbocycles. The molecule has 0 bridgehead atoms. The molecule has 3 amide bonds. The monoisotopic (exact) mass is 640 g/mol. The molecule has 0 saturated carbocycles. The number of hydrogen-bond acceptors (Lipinski definition) is 6. The molecule has 2 N–H and O–H groups in total. The Morgan fingerprint density at radius 1 is 1.12 bits per heavy atom. The smallest absolute Gasteiger partial charge is 0.339 e. The molecule has 16 heteroatoms. The highest BCUT2D eigenvalue weighted by Gasteiger charge is 2.38. The Balaban J connectivity index is 1.24. The van der Waals surface area contributed by atoms with E-state index in [1.807, 2.05) is 0 Å². The summed E-state index contributed by atoms with van der Waals surface area (Å²) in [7, 11) is 1.42. The van der Waals surface area contributed by atoms with Gasteiger partial charge in [-0.05, 0) is 37.2 Å². The maximum absolute atomic E-state index is 13.6. The predicted octanol–water partition coefficient (Wildman–Crippen LogP) is 3.34. The maximum atomic E-state index is 13.6. The van der Waals surface area contributed by atoms with Crippen molar-refractivity contribution in [3.05, 3.63) is 52.7 Å². The third kappa shape index (κ3) is 6.65. The highest BCUT2D eigenvalue weighted by atomic mass is 35.5. The van der Waals surface area contributed by atoms with Gasteiger partial charge in [0.1, 0.15) is 0 Å². The number of amides is 3. The van der Waals surface area contributed by atoms with Crippen molar-refractivity contribution in [2.75, 3.05) is 50.5 Å². The van der Waals surface area contributed by atoms with E-state index < -0.39 is 17.8 Å². The van der Waals surface area contributed by atoms with E-state index in [0.29, 0.717) is 38.5 Å². The van der Waals surface area contributed by atoms with Crippen LogP contribution >= 0.6 is 23.2 Å². The van der Waals surface area contributed by atoms with Crippen molar-refractivity contribution in [1.82, 2.24) is 34.4 Å². The van der Waals surface area contributed by atoms with Crippen molar-refractivity contribution < 1.29 is 27.6 Å². The number of alkyl halides is 4. The lowest BCUT2D eigenvalue weighted by molar-refractivity contribution is -0.141. The zero-order chi connectivity index (χ0) is 30.9. The average Bonchev–Trinajstić information content (AvgIpc) is 3.54. The Labute approximate surface area is 254 Å². The molecule has 3 aromatic rings. The number of anilines is 1. The normalized spacial score (nSPS) is 15.9. The largest absolute Gasteiger partial charge is 0.435 e. The van der Waals surface area contributed by atoms with E-state index in [9.17, 15) is 27.6 Å². The van der Waals surface area contributed by atoms with Gasteiger partial charge in [-0.3, -0.25) is 19.1 Å². The lowest BCUT2D eigenvalue weighted by Gasteiger charge is -2.36. The molecular weight excluding hydrogens is 612 g/mol. The van der Waals surface area contributed by atoms with Crippen molar-refractivity contribution in [2.24, 2.45) is 13.0 Å². The highest BCUT2D eigenvalue weighted by molar-refractivity contribution is 6.34. The fourth-order valence-electron chi connectivity index (χ4n) is 5.04. The number of benzene rings is 1. The third-order valence-electron chi connectivity index (χ3n) is 7.52. The molecule has 2 saturated heterocycles. The van der Waals surface area contributed by atoms with Crippen LogP contribution in [0.4, 0.5) is 18.9 Å². The number of carbonyl (C=O) groups is 3. The fraction of sp³-hybridized carbons (Fsp3) is 0.444. The number of halogens is 5. The van der Waals surface area contributed by atoms with Gasteiger partial charge in [0.05, 0.1) is 34.6 Å². The molecule has 230 valence electrons. The summed E-state index contributed by atoms with van der Waals surface area (Å²) in [5.41, 5.74) is -0.799. The average molecular weight is 641 g/mol. The van der Waals surface area contributed by atoms with Crippen LogP contribution in [0.3, 0.4) is 0 Å². The van der Waals surface area contributed by atoms with E-state index >= 15 is 0 Å². The van der Waals surface area contributed by atoms with Gasteiger partial charge < -0.3 is 25.0 Å². The Morgan fingerprint density at radius 3 is 2.42 bits per heavy atom. The molecule has 2 fully saturated rings. The van der Waals surface area contributed by atoms with Gasteiger partial charge in [-0.15, -0.1) is 11.6 Å². The molecule has 11 nitrogen and oxygen atoms in total.